The number of hydrogen-bond donors (Lipinski definition) is 1. The number of rotatable bonds is 2. The second kappa shape index (κ2) is 4.73. The van der Waals surface area contributed by atoms with Crippen LogP contribution in [0, 0.1) is 17.6 Å². The first-order valence-electron chi connectivity index (χ1n) is 6.23. The van der Waals surface area contributed by atoms with E-state index in [9.17, 15) is 13.9 Å². The van der Waals surface area contributed by atoms with Crippen molar-refractivity contribution in [1.29, 1.82) is 0 Å². The van der Waals surface area contributed by atoms with E-state index < -0.39 is 17.2 Å². The van der Waals surface area contributed by atoms with E-state index in [1.165, 1.54) is 12.1 Å². The van der Waals surface area contributed by atoms with Crippen LogP contribution in [-0.4, -0.2) is 5.11 Å². The van der Waals surface area contributed by atoms with Crippen LogP contribution >= 0.6 is 0 Å². The SMILES string of the molecule is CCC1CCC(O)(c2ccc(F)cc2F)CC1. The first kappa shape index (κ1) is 12.5. The summed E-state index contributed by atoms with van der Waals surface area (Å²) in [5.74, 6) is -0.613. The molecule has 1 aliphatic carbocycles. The van der Waals surface area contributed by atoms with Crippen LogP contribution in [0.4, 0.5) is 8.78 Å². The molecular formula is C14H18F2O. The van der Waals surface area contributed by atoms with Gasteiger partial charge in [-0.3, -0.25) is 0 Å². The maximum Gasteiger partial charge on any atom is 0.132 e. The predicted octanol–water partition coefficient (Wildman–Crippen LogP) is 3.75. The normalized spacial score (nSPS) is 29.3. The second-order valence-electron chi connectivity index (χ2n) is 5.01. The molecule has 17 heavy (non-hydrogen) atoms. The minimum absolute atomic E-state index is 0.244. The zero-order chi connectivity index (χ0) is 12.5. The molecule has 1 N–H and O–H groups in total. The molecule has 1 nitrogen and oxygen atoms in total. The summed E-state index contributed by atoms with van der Waals surface area (Å²) < 4.78 is 26.5. The lowest BCUT2D eigenvalue weighted by atomic mass is 9.74. The average molecular weight is 240 g/mol. The molecule has 1 saturated carbocycles. The van der Waals surface area contributed by atoms with Crippen molar-refractivity contribution in [3.8, 4) is 0 Å². The van der Waals surface area contributed by atoms with Crippen molar-refractivity contribution in [2.45, 2.75) is 44.6 Å². The Kier molecular flexibility index (Phi) is 3.48. The number of aliphatic hydroxyl groups is 1. The highest BCUT2D eigenvalue weighted by atomic mass is 19.1. The molecule has 94 valence electrons. The molecule has 3 heteroatoms. The fourth-order valence-corrected chi connectivity index (χ4v) is 2.70. The van der Waals surface area contributed by atoms with Crippen LogP contribution in [-0.2, 0) is 5.60 Å². The monoisotopic (exact) mass is 240 g/mol. The zero-order valence-corrected chi connectivity index (χ0v) is 10.0. The summed E-state index contributed by atoms with van der Waals surface area (Å²) in [6.45, 7) is 2.13. The first-order chi connectivity index (χ1) is 8.05. The van der Waals surface area contributed by atoms with Gasteiger partial charge >= 0.3 is 0 Å². The molecular weight excluding hydrogens is 222 g/mol. The van der Waals surface area contributed by atoms with E-state index in [0.29, 0.717) is 18.8 Å². The van der Waals surface area contributed by atoms with Gasteiger partial charge in [0.1, 0.15) is 11.6 Å². The van der Waals surface area contributed by atoms with Gasteiger partial charge in [-0.1, -0.05) is 19.4 Å². The highest BCUT2D eigenvalue weighted by Crippen LogP contribution is 2.41. The molecule has 0 aliphatic heterocycles. The molecule has 0 amide bonds. The lowest BCUT2D eigenvalue weighted by Gasteiger charge is -2.36. The Labute approximate surface area is 100 Å². The molecule has 0 radical (unpaired) electrons. The van der Waals surface area contributed by atoms with E-state index >= 15 is 0 Å². The quantitative estimate of drug-likeness (QED) is 0.834. The fourth-order valence-electron chi connectivity index (χ4n) is 2.70. The lowest BCUT2D eigenvalue weighted by molar-refractivity contribution is -0.0175. The van der Waals surface area contributed by atoms with Crippen molar-refractivity contribution in [2.75, 3.05) is 0 Å². The van der Waals surface area contributed by atoms with E-state index in [1.807, 2.05) is 0 Å². The summed E-state index contributed by atoms with van der Waals surface area (Å²) in [5.41, 5.74) is -0.864. The highest BCUT2D eigenvalue weighted by molar-refractivity contribution is 5.25. The van der Waals surface area contributed by atoms with E-state index in [2.05, 4.69) is 6.92 Å². The molecule has 0 unspecified atom stereocenters. The maximum absolute atomic E-state index is 13.7. The first-order valence-corrected chi connectivity index (χ1v) is 6.23. The third-order valence-electron chi connectivity index (χ3n) is 3.94. The fraction of sp³-hybridized carbons (Fsp3) is 0.571. The molecule has 0 heterocycles. The molecule has 0 spiro atoms. The third kappa shape index (κ3) is 2.49. The van der Waals surface area contributed by atoms with Crippen molar-refractivity contribution >= 4 is 0 Å². The van der Waals surface area contributed by atoms with Crippen molar-refractivity contribution in [1.82, 2.24) is 0 Å². The van der Waals surface area contributed by atoms with Crippen LogP contribution in [0.25, 0.3) is 0 Å². The Morgan fingerprint density at radius 3 is 2.47 bits per heavy atom. The summed E-state index contributed by atoms with van der Waals surface area (Å²) in [7, 11) is 0. The van der Waals surface area contributed by atoms with Gasteiger partial charge in [-0.2, -0.15) is 0 Å². The average Bonchev–Trinajstić information content (AvgIpc) is 2.29. The van der Waals surface area contributed by atoms with E-state index in [-0.39, 0.29) is 5.56 Å². The van der Waals surface area contributed by atoms with Gasteiger partial charge in [-0.15, -0.1) is 0 Å². The number of halogens is 2. The Balaban J connectivity index is 2.21. The minimum Gasteiger partial charge on any atom is -0.385 e. The second-order valence-corrected chi connectivity index (χ2v) is 5.01. The summed E-state index contributed by atoms with van der Waals surface area (Å²) in [4.78, 5) is 0. The van der Waals surface area contributed by atoms with E-state index in [0.717, 1.165) is 25.3 Å². The molecule has 1 aliphatic rings. The molecule has 1 aromatic rings. The smallest absolute Gasteiger partial charge is 0.132 e. The highest BCUT2D eigenvalue weighted by Gasteiger charge is 2.36. The van der Waals surface area contributed by atoms with Crippen molar-refractivity contribution in [3.63, 3.8) is 0 Å². The van der Waals surface area contributed by atoms with Gasteiger partial charge in [-0.05, 0) is 37.7 Å². The van der Waals surface area contributed by atoms with Crippen molar-refractivity contribution in [2.24, 2.45) is 5.92 Å². The Hall–Kier alpha value is -0.960. The van der Waals surface area contributed by atoms with Gasteiger partial charge in [0.15, 0.2) is 0 Å². The molecule has 0 aromatic heterocycles. The summed E-state index contributed by atoms with van der Waals surface area (Å²) in [6, 6.07) is 3.43. The van der Waals surface area contributed by atoms with Crippen LogP contribution in [0.1, 0.15) is 44.6 Å². The molecule has 0 atom stereocenters. The maximum atomic E-state index is 13.7. The Bertz CT molecular complexity index is 395. The summed E-state index contributed by atoms with van der Waals surface area (Å²) in [6.07, 6.45) is 4.04. The lowest BCUT2D eigenvalue weighted by Crippen LogP contribution is -2.32. The van der Waals surface area contributed by atoms with Crippen LogP contribution in [0.3, 0.4) is 0 Å². The molecule has 0 bridgehead atoms. The predicted molar refractivity (Wildman–Crippen MR) is 62.5 cm³/mol. The Morgan fingerprint density at radius 1 is 1.29 bits per heavy atom. The molecule has 2 rings (SSSR count). The van der Waals surface area contributed by atoms with Gasteiger partial charge in [0.2, 0.25) is 0 Å². The standard InChI is InChI=1S/C14H18F2O/c1-2-10-5-7-14(17,8-6-10)12-4-3-11(15)9-13(12)16/h3-4,9-10,17H,2,5-8H2,1H3. The summed E-state index contributed by atoms with van der Waals surface area (Å²) in [5, 5.41) is 10.5. The van der Waals surface area contributed by atoms with Crippen LogP contribution < -0.4 is 0 Å². The largest absolute Gasteiger partial charge is 0.385 e. The van der Waals surface area contributed by atoms with Crippen LogP contribution in [0.2, 0.25) is 0 Å². The van der Waals surface area contributed by atoms with Crippen LogP contribution in [0.5, 0.6) is 0 Å². The van der Waals surface area contributed by atoms with Gasteiger partial charge in [0.05, 0.1) is 5.60 Å². The molecule has 1 fully saturated rings. The van der Waals surface area contributed by atoms with Gasteiger partial charge in [0.25, 0.3) is 0 Å². The third-order valence-corrected chi connectivity index (χ3v) is 3.94. The Morgan fingerprint density at radius 2 is 1.94 bits per heavy atom. The van der Waals surface area contributed by atoms with E-state index in [1.54, 1.807) is 0 Å². The van der Waals surface area contributed by atoms with Gasteiger partial charge in [0, 0.05) is 11.6 Å². The van der Waals surface area contributed by atoms with E-state index in [4.69, 9.17) is 0 Å². The molecule has 1 aromatic carbocycles. The van der Waals surface area contributed by atoms with Gasteiger partial charge < -0.3 is 5.11 Å². The zero-order valence-electron chi connectivity index (χ0n) is 10.0. The van der Waals surface area contributed by atoms with Crippen LogP contribution in [0.15, 0.2) is 18.2 Å². The van der Waals surface area contributed by atoms with Crippen molar-refractivity contribution in [3.05, 3.63) is 35.4 Å². The minimum atomic E-state index is -1.11. The van der Waals surface area contributed by atoms with Crippen molar-refractivity contribution < 1.29 is 13.9 Å². The number of hydrogen-bond acceptors (Lipinski definition) is 1. The van der Waals surface area contributed by atoms with Gasteiger partial charge in [-0.25, -0.2) is 8.78 Å². The summed E-state index contributed by atoms with van der Waals surface area (Å²) >= 11 is 0. The molecule has 0 saturated heterocycles. The topological polar surface area (TPSA) is 20.2 Å². The number of benzene rings is 1.